The highest BCUT2D eigenvalue weighted by molar-refractivity contribution is 9.11. The fourth-order valence-corrected chi connectivity index (χ4v) is 2.61. The monoisotopic (exact) mass is 277 g/mol. The van der Waals surface area contributed by atoms with E-state index >= 15 is 0 Å². The van der Waals surface area contributed by atoms with E-state index in [9.17, 15) is 13.2 Å². The van der Waals surface area contributed by atoms with E-state index < -0.39 is 19.9 Å². The first-order valence-corrected chi connectivity index (χ1v) is 6.15. The number of rotatable bonds is 3. The van der Waals surface area contributed by atoms with E-state index in [0.29, 0.717) is 0 Å². The van der Waals surface area contributed by atoms with Gasteiger partial charge in [-0.1, -0.05) is 34.1 Å². The summed E-state index contributed by atoms with van der Waals surface area (Å²) in [5.74, 6) is -0.922. The quantitative estimate of drug-likeness (QED) is 0.825. The molecule has 1 atom stereocenters. The average molecular weight is 278 g/mol. The first-order chi connectivity index (χ1) is 6.46. The van der Waals surface area contributed by atoms with E-state index in [0.717, 1.165) is 0 Å². The molecule has 0 radical (unpaired) electrons. The van der Waals surface area contributed by atoms with Crippen LogP contribution >= 0.6 is 15.9 Å². The molecular formula is C8H8BrNO3S. The van der Waals surface area contributed by atoms with Crippen molar-refractivity contribution >= 4 is 31.7 Å². The normalized spacial score (nSPS) is 13.5. The van der Waals surface area contributed by atoms with Crippen molar-refractivity contribution in [1.82, 2.24) is 0 Å². The Bertz CT molecular complexity index is 429. The molecule has 76 valence electrons. The van der Waals surface area contributed by atoms with Gasteiger partial charge in [-0.25, -0.2) is 8.42 Å². The Hall–Kier alpha value is -0.880. The largest absolute Gasteiger partial charge is 0.368 e. The van der Waals surface area contributed by atoms with E-state index in [2.05, 4.69) is 15.9 Å². The van der Waals surface area contributed by atoms with Crippen LogP contribution in [0.4, 0.5) is 0 Å². The number of halogens is 1. The third kappa shape index (κ3) is 2.13. The van der Waals surface area contributed by atoms with Crippen LogP contribution in [0.15, 0.2) is 35.2 Å². The molecule has 0 aromatic heterocycles. The number of primary amides is 1. The van der Waals surface area contributed by atoms with Crippen LogP contribution in [0.25, 0.3) is 0 Å². The van der Waals surface area contributed by atoms with Crippen molar-refractivity contribution in [2.24, 2.45) is 5.73 Å². The van der Waals surface area contributed by atoms with Crippen LogP contribution in [0.1, 0.15) is 0 Å². The lowest BCUT2D eigenvalue weighted by Crippen LogP contribution is -2.30. The first-order valence-electron chi connectivity index (χ1n) is 3.68. The number of carbonyl (C=O) groups is 1. The smallest absolute Gasteiger partial charge is 0.247 e. The zero-order valence-corrected chi connectivity index (χ0v) is 9.45. The number of benzene rings is 1. The fourth-order valence-electron chi connectivity index (χ4n) is 0.883. The Morgan fingerprint density at radius 3 is 2.21 bits per heavy atom. The van der Waals surface area contributed by atoms with Crippen LogP contribution in [-0.2, 0) is 14.6 Å². The molecule has 0 heterocycles. The van der Waals surface area contributed by atoms with Gasteiger partial charge in [0, 0.05) is 0 Å². The second-order valence-electron chi connectivity index (χ2n) is 2.58. The average Bonchev–Trinajstić information content (AvgIpc) is 2.18. The highest BCUT2D eigenvalue weighted by Gasteiger charge is 2.29. The molecule has 2 N–H and O–H groups in total. The van der Waals surface area contributed by atoms with E-state index in [1.165, 1.54) is 12.1 Å². The van der Waals surface area contributed by atoms with Crippen LogP contribution in [-0.4, -0.2) is 18.5 Å². The van der Waals surface area contributed by atoms with Crippen LogP contribution in [0.2, 0.25) is 0 Å². The summed E-state index contributed by atoms with van der Waals surface area (Å²) in [6.45, 7) is 0. The summed E-state index contributed by atoms with van der Waals surface area (Å²) < 4.78 is 21.9. The van der Waals surface area contributed by atoms with Gasteiger partial charge < -0.3 is 5.73 Å². The molecule has 0 fully saturated rings. The first kappa shape index (κ1) is 11.2. The van der Waals surface area contributed by atoms with Crippen molar-refractivity contribution in [1.29, 1.82) is 0 Å². The molecule has 1 rings (SSSR count). The predicted molar refractivity (Wildman–Crippen MR) is 55.5 cm³/mol. The van der Waals surface area contributed by atoms with Crippen molar-refractivity contribution in [3.05, 3.63) is 30.3 Å². The summed E-state index contributed by atoms with van der Waals surface area (Å²) in [6.07, 6.45) is 0. The SMILES string of the molecule is NC(=O)C(Br)S(=O)(=O)c1ccccc1. The van der Waals surface area contributed by atoms with Gasteiger partial charge in [-0.2, -0.15) is 0 Å². The van der Waals surface area contributed by atoms with Crippen molar-refractivity contribution in [2.45, 2.75) is 9.05 Å². The molecule has 0 saturated heterocycles. The van der Waals surface area contributed by atoms with E-state index in [1.807, 2.05) is 0 Å². The molecule has 6 heteroatoms. The van der Waals surface area contributed by atoms with Gasteiger partial charge in [0.05, 0.1) is 4.90 Å². The van der Waals surface area contributed by atoms with Gasteiger partial charge >= 0.3 is 0 Å². The molecule has 0 aliphatic heterocycles. The van der Waals surface area contributed by atoms with Crippen molar-refractivity contribution in [3.8, 4) is 0 Å². The summed E-state index contributed by atoms with van der Waals surface area (Å²) in [6, 6.07) is 7.66. The third-order valence-corrected chi connectivity index (χ3v) is 5.20. The summed E-state index contributed by atoms with van der Waals surface area (Å²) in [4.78, 5) is 10.8. The fraction of sp³-hybridized carbons (Fsp3) is 0.125. The van der Waals surface area contributed by atoms with Gasteiger partial charge in [0.25, 0.3) is 0 Å². The molecule has 14 heavy (non-hydrogen) atoms. The Morgan fingerprint density at radius 2 is 1.79 bits per heavy atom. The molecule has 0 aliphatic rings. The van der Waals surface area contributed by atoms with Crippen LogP contribution in [0, 0.1) is 0 Å². The molecule has 1 aromatic carbocycles. The highest BCUT2D eigenvalue weighted by Crippen LogP contribution is 2.19. The highest BCUT2D eigenvalue weighted by atomic mass is 79.9. The summed E-state index contributed by atoms with van der Waals surface area (Å²) >= 11 is 2.74. The van der Waals surface area contributed by atoms with Crippen molar-refractivity contribution in [2.75, 3.05) is 0 Å². The Kier molecular flexibility index (Phi) is 3.28. The van der Waals surface area contributed by atoms with Gasteiger partial charge in [0.2, 0.25) is 5.91 Å². The van der Waals surface area contributed by atoms with Crippen molar-refractivity contribution in [3.63, 3.8) is 0 Å². The zero-order chi connectivity index (χ0) is 10.8. The Morgan fingerprint density at radius 1 is 1.29 bits per heavy atom. The predicted octanol–water partition coefficient (Wildman–Crippen LogP) is 0.667. The number of nitrogens with two attached hydrogens (primary N) is 1. The number of amides is 1. The minimum absolute atomic E-state index is 0.0701. The van der Waals surface area contributed by atoms with Gasteiger partial charge in [-0.05, 0) is 12.1 Å². The summed E-state index contributed by atoms with van der Waals surface area (Å²) in [5, 5.41) is 0. The number of alkyl halides is 1. The summed E-state index contributed by atoms with van der Waals surface area (Å²) in [7, 11) is -3.70. The van der Waals surface area contributed by atoms with Crippen molar-refractivity contribution < 1.29 is 13.2 Å². The molecule has 0 spiro atoms. The van der Waals surface area contributed by atoms with Crippen LogP contribution < -0.4 is 5.73 Å². The van der Waals surface area contributed by atoms with Crippen LogP contribution in [0.3, 0.4) is 0 Å². The molecule has 0 saturated carbocycles. The standard InChI is InChI=1S/C8H8BrNO3S/c9-7(8(10)11)14(12,13)6-4-2-1-3-5-6/h1-5,7H,(H2,10,11). The molecule has 0 aliphatic carbocycles. The molecule has 1 aromatic rings. The van der Waals surface area contributed by atoms with E-state index in [4.69, 9.17) is 5.73 Å². The number of hydrogen-bond acceptors (Lipinski definition) is 3. The van der Waals surface area contributed by atoms with E-state index in [-0.39, 0.29) is 4.90 Å². The van der Waals surface area contributed by atoms with Gasteiger partial charge in [-0.3, -0.25) is 4.79 Å². The van der Waals surface area contributed by atoms with Gasteiger partial charge in [0.1, 0.15) is 0 Å². The lowest BCUT2D eigenvalue weighted by molar-refractivity contribution is -0.116. The Labute approximate surface area is 90.2 Å². The molecule has 0 bridgehead atoms. The van der Waals surface area contributed by atoms with E-state index in [1.54, 1.807) is 18.2 Å². The minimum atomic E-state index is -3.70. The maximum Gasteiger partial charge on any atom is 0.247 e. The molecule has 4 nitrogen and oxygen atoms in total. The zero-order valence-electron chi connectivity index (χ0n) is 7.05. The molecule has 1 amide bonds. The number of hydrogen-bond donors (Lipinski definition) is 1. The number of carbonyl (C=O) groups excluding carboxylic acids is 1. The third-order valence-electron chi connectivity index (χ3n) is 1.57. The second-order valence-corrected chi connectivity index (χ2v) is 6.13. The van der Waals surface area contributed by atoms with Gasteiger partial charge in [-0.15, -0.1) is 0 Å². The molecule has 1 unspecified atom stereocenters. The lowest BCUT2D eigenvalue weighted by atomic mass is 10.4. The number of sulfone groups is 1. The minimum Gasteiger partial charge on any atom is -0.368 e. The molecular weight excluding hydrogens is 270 g/mol. The summed E-state index contributed by atoms with van der Waals surface area (Å²) in [5.41, 5.74) is 4.89. The maximum atomic E-state index is 11.6. The second kappa shape index (κ2) is 4.10. The Balaban J connectivity index is 3.16. The topological polar surface area (TPSA) is 77.2 Å². The maximum absolute atomic E-state index is 11.6. The van der Waals surface area contributed by atoms with Crippen LogP contribution in [0.5, 0.6) is 0 Å². The van der Waals surface area contributed by atoms with Gasteiger partial charge in [0.15, 0.2) is 14.0 Å². The lowest BCUT2D eigenvalue weighted by Gasteiger charge is -2.06.